The van der Waals surface area contributed by atoms with Gasteiger partial charge in [0.25, 0.3) is 0 Å². The molecule has 0 saturated carbocycles. The van der Waals surface area contributed by atoms with Gasteiger partial charge in [-0.1, -0.05) is 15.9 Å². The van der Waals surface area contributed by atoms with Crippen LogP contribution in [-0.4, -0.2) is 11.3 Å². The van der Waals surface area contributed by atoms with Gasteiger partial charge in [0.1, 0.15) is 5.01 Å². The number of benzene rings is 1. The predicted molar refractivity (Wildman–Crippen MR) is 71.2 cm³/mol. The molecule has 0 bridgehead atoms. The van der Waals surface area contributed by atoms with Gasteiger partial charge in [0.15, 0.2) is 6.29 Å². The van der Waals surface area contributed by atoms with Crippen LogP contribution in [0.1, 0.15) is 14.7 Å². The highest BCUT2D eigenvalue weighted by Gasteiger charge is 2.02. The molecule has 0 spiro atoms. The van der Waals surface area contributed by atoms with Crippen LogP contribution in [0.4, 0.5) is 0 Å². The smallest absolute Gasteiger partial charge is 0.161 e. The zero-order valence-corrected chi connectivity index (χ0v) is 11.4. The molecule has 0 fully saturated rings. The second-order valence-corrected chi connectivity index (χ2v) is 6.13. The van der Waals surface area contributed by atoms with E-state index in [1.807, 2.05) is 12.1 Å². The summed E-state index contributed by atoms with van der Waals surface area (Å²) in [5.74, 6) is 0.806. The van der Waals surface area contributed by atoms with E-state index in [0.717, 1.165) is 21.5 Å². The summed E-state index contributed by atoms with van der Waals surface area (Å²) in [5.41, 5.74) is 0. The Morgan fingerprint density at radius 2 is 2.12 bits per heavy atom. The standard InChI is InChI=1S/C11H8BrNOS2/c12-8-1-3-9(4-2-8)15-7-11-13-5-10(6-14)16-11/h1-6H,7H2. The van der Waals surface area contributed by atoms with E-state index in [9.17, 15) is 4.79 Å². The number of carbonyl (C=O) groups is 1. The molecule has 2 rings (SSSR count). The fourth-order valence-corrected chi connectivity index (χ4v) is 3.02. The van der Waals surface area contributed by atoms with Crippen LogP contribution in [0.5, 0.6) is 0 Å². The maximum Gasteiger partial charge on any atom is 0.161 e. The molecule has 16 heavy (non-hydrogen) atoms. The highest BCUT2D eigenvalue weighted by atomic mass is 79.9. The van der Waals surface area contributed by atoms with Crippen molar-refractivity contribution in [2.45, 2.75) is 10.6 Å². The molecule has 0 amide bonds. The minimum atomic E-state index is 0.686. The van der Waals surface area contributed by atoms with E-state index < -0.39 is 0 Å². The maximum absolute atomic E-state index is 10.5. The van der Waals surface area contributed by atoms with E-state index in [2.05, 4.69) is 33.0 Å². The first kappa shape index (κ1) is 11.8. The summed E-state index contributed by atoms with van der Waals surface area (Å²) in [7, 11) is 0. The molecular formula is C11H8BrNOS2. The van der Waals surface area contributed by atoms with Gasteiger partial charge in [-0.3, -0.25) is 4.79 Å². The lowest BCUT2D eigenvalue weighted by molar-refractivity contribution is 0.112. The number of halogens is 1. The topological polar surface area (TPSA) is 30.0 Å². The average Bonchev–Trinajstić information content (AvgIpc) is 2.76. The van der Waals surface area contributed by atoms with Crippen molar-refractivity contribution in [2.24, 2.45) is 0 Å². The fourth-order valence-electron chi connectivity index (χ4n) is 1.12. The molecule has 5 heteroatoms. The van der Waals surface area contributed by atoms with Crippen LogP contribution in [0, 0.1) is 0 Å². The van der Waals surface area contributed by atoms with Crippen molar-refractivity contribution in [1.29, 1.82) is 0 Å². The number of carbonyl (C=O) groups excluding carboxylic acids is 1. The highest BCUT2D eigenvalue weighted by molar-refractivity contribution is 9.10. The number of hydrogen-bond donors (Lipinski definition) is 0. The fraction of sp³-hybridized carbons (Fsp3) is 0.0909. The van der Waals surface area contributed by atoms with Gasteiger partial charge in [-0.15, -0.1) is 23.1 Å². The molecule has 0 radical (unpaired) electrons. The van der Waals surface area contributed by atoms with Gasteiger partial charge in [-0.25, -0.2) is 4.98 Å². The van der Waals surface area contributed by atoms with Crippen molar-refractivity contribution in [3.63, 3.8) is 0 Å². The molecule has 1 aromatic carbocycles. The van der Waals surface area contributed by atoms with E-state index in [1.165, 1.54) is 16.2 Å². The molecule has 82 valence electrons. The second-order valence-electron chi connectivity index (χ2n) is 3.02. The second kappa shape index (κ2) is 5.61. The van der Waals surface area contributed by atoms with Crippen molar-refractivity contribution in [1.82, 2.24) is 4.98 Å². The van der Waals surface area contributed by atoms with Crippen LogP contribution in [0.15, 0.2) is 39.8 Å². The van der Waals surface area contributed by atoms with Gasteiger partial charge in [-0.05, 0) is 24.3 Å². The molecule has 2 aromatic rings. The van der Waals surface area contributed by atoms with Gasteiger partial charge in [0.05, 0.1) is 10.6 Å². The SMILES string of the molecule is O=Cc1cnc(CSc2ccc(Br)cc2)s1. The van der Waals surface area contributed by atoms with Crippen LogP contribution >= 0.6 is 39.0 Å². The minimum Gasteiger partial charge on any atom is -0.297 e. The molecule has 1 aromatic heterocycles. The third kappa shape index (κ3) is 3.17. The number of aromatic nitrogens is 1. The molecule has 2 nitrogen and oxygen atoms in total. The summed E-state index contributed by atoms with van der Waals surface area (Å²) < 4.78 is 1.08. The zero-order valence-electron chi connectivity index (χ0n) is 8.22. The van der Waals surface area contributed by atoms with E-state index in [1.54, 1.807) is 18.0 Å². The zero-order chi connectivity index (χ0) is 11.4. The van der Waals surface area contributed by atoms with E-state index in [4.69, 9.17) is 0 Å². The van der Waals surface area contributed by atoms with Crippen molar-refractivity contribution in [3.8, 4) is 0 Å². The first-order chi connectivity index (χ1) is 7.78. The number of rotatable bonds is 4. The lowest BCUT2D eigenvalue weighted by atomic mass is 10.4. The van der Waals surface area contributed by atoms with E-state index in [0.29, 0.717) is 4.88 Å². The van der Waals surface area contributed by atoms with Gasteiger partial charge in [0.2, 0.25) is 0 Å². The summed E-state index contributed by atoms with van der Waals surface area (Å²) in [4.78, 5) is 16.6. The molecular weight excluding hydrogens is 306 g/mol. The van der Waals surface area contributed by atoms with Crippen LogP contribution in [0.25, 0.3) is 0 Å². The average molecular weight is 314 g/mol. The van der Waals surface area contributed by atoms with Crippen LogP contribution in [-0.2, 0) is 5.75 Å². The van der Waals surface area contributed by atoms with Crippen LogP contribution in [0.2, 0.25) is 0 Å². The van der Waals surface area contributed by atoms with Crippen molar-refractivity contribution >= 4 is 45.3 Å². The molecule has 0 unspecified atom stereocenters. The number of aldehydes is 1. The van der Waals surface area contributed by atoms with Gasteiger partial charge < -0.3 is 0 Å². The molecule has 1 heterocycles. The summed E-state index contributed by atoms with van der Waals surface area (Å²) in [6.45, 7) is 0. The number of hydrogen-bond acceptors (Lipinski definition) is 4. The summed E-state index contributed by atoms with van der Waals surface area (Å²) in [5, 5.41) is 0.981. The Bertz CT molecular complexity index is 481. The minimum absolute atomic E-state index is 0.686. The largest absolute Gasteiger partial charge is 0.297 e. The Morgan fingerprint density at radius 3 is 2.75 bits per heavy atom. The molecule has 0 aliphatic heterocycles. The normalized spacial score (nSPS) is 10.3. The monoisotopic (exact) mass is 313 g/mol. The van der Waals surface area contributed by atoms with E-state index >= 15 is 0 Å². The summed E-state index contributed by atoms with van der Waals surface area (Å²) in [6.07, 6.45) is 2.46. The van der Waals surface area contributed by atoms with Gasteiger partial charge in [-0.2, -0.15) is 0 Å². The summed E-state index contributed by atoms with van der Waals surface area (Å²) in [6, 6.07) is 8.15. The molecule has 0 atom stereocenters. The summed E-state index contributed by atoms with van der Waals surface area (Å²) >= 11 is 6.56. The lowest BCUT2D eigenvalue weighted by Gasteiger charge is -1.98. The Hall–Kier alpha value is -0.650. The van der Waals surface area contributed by atoms with Crippen molar-refractivity contribution < 1.29 is 4.79 Å². The third-order valence-electron chi connectivity index (χ3n) is 1.86. The van der Waals surface area contributed by atoms with Gasteiger partial charge in [0, 0.05) is 15.6 Å². The Morgan fingerprint density at radius 1 is 1.38 bits per heavy atom. The number of thiazole rings is 1. The molecule has 0 N–H and O–H groups in total. The first-order valence-electron chi connectivity index (χ1n) is 4.56. The lowest BCUT2D eigenvalue weighted by Crippen LogP contribution is -1.77. The first-order valence-corrected chi connectivity index (χ1v) is 7.15. The Balaban J connectivity index is 1.96. The number of thioether (sulfide) groups is 1. The third-order valence-corrected chi connectivity index (χ3v) is 4.52. The number of nitrogens with zero attached hydrogens (tertiary/aromatic N) is 1. The van der Waals surface area contributed by atoms with Crippen molar-refractivity contribution in [2.75, 3.05) is 0 Å². The molecule has 0 aliphatic carbocycles. The predicted octanol–water partition coefficient (Wildman–Crippen LogP) is 4.01. The Labute approximate surface area is 110 Å². The van der Waals surface area contributed by atoms with Crippen molar-refractivity contribution in [3.05, 3.63) is 44.8 Å². The molecule has 0 aliphatic rings. The van der Waals surface area contributed by atoms with Gasteiger partial charge >= 0.3 is 0 Å². The quantitative estimate of drug-likeness (QED) is 0.631. The maximum atomic E-state index is 10.5. The highest BCUT2D eigenvalue weighted by Crippen LogP contribution is 2.25. The van der Waals surface area contributed by atoms with E-state index in [-0.39, 0.29) is 0 Å². The molecule has 0 saturated heterocycles. The Kier molecular flexibility index (Phi) is 4.15. The van der Waals surface area contributed by atoms with Crippen LogP contribution in [0.3, 0.4) is 0 Å². The van der Waals surface area contributed by atoms with Crippen LogP contribution < -0.4 is 0 Å².